The molecule has 0 aromatic carbocycles. The summed E-state index contributed by atoms with van der Waals surface area (Å²) in [5, 5.41) is 33.7. The summed E-state index contributed by atoms with van der Waals surface area (Å²) in [5.41, 5.74) is 0. The number of nitro groups is 2. The van der Waals surface area contributed by atoms with E-state index in [-0.39, 0.29) is 32.1 Å². The predicted octanol–water partition coefficient (Wildman–Crippen LogP) is 0.184. The Balaban J connectivity index is 0.000000308. The molecular weight excluding hydrogens is 324 g/mol. The Morgan fingerprint density at radius 2 is 1.83 bits per heavy atom. The second-order valence-electron chi connectivity index (χ2n) is 4.28. The van der Waals surface area contributed by atoms with Gasteiger partial charge in [0.2, 0.25) is 1.43 Å². The quantitative estimate of drug-likeness (QED) is 0.529. The molecule has 0 saturated heterocycles. The average Bonchev–Trinajstić information content (AvgIpc) is 3.14. The number of aromatic nitrogens is 4. The molecule has 0 aliphatic rings. The summed E-state index contributed by atoms with van der Waals surface area (Å²) in [4.78, 5) is 26.8. The Bertz CT molecular complexity index is 866. The van der Waals surface area contributed by atoms with Gasteiger partial charge < -0.3 is 30.4 Å². The summed E-state index contributed by atoms with van der Waals surface area (Å²) in [6, 6.07) is 0. The van der Waals surface area contributed by atoms with Gasteiger partial charge in [-0.25, -0.2) is 19.1 Å². The molecule has 2 heterocycles. The van der Waals surface area contributed by atoms with Crippen molar-refractivity contribution in [3.8, 4) is 0 Å². The molecule has 132 valence electrons. The Hall–Kier alpha value is -2.86. The van der Waals surface area contributed by atoms with Gasteiger partial charge in [-0.05, 0) is 9.85 Å². The highest BCUT2D eigenvalue weighted by Gasteiger charge is 2.16. The van der Waals surface area contributed by atoms with Gasteiger partial charge >= 0.3 is 11.6 Å². The van der Waals surface area contributed by atoms with Crippen LogP contribution in [0.4, 0.5) is 11.6 Å². The van der Waals surface area contributed by atoms with Crippen LogP contribution in [0.25, 0.3) is 0 Å². The summed E-state index contributed by atoms with van der Waals surface area (Å²) in [5.74, 6) is -0.809. The fourth-order valence-electron chi connectivity index (χ4n) is 1.74. The molecule has 0 amide bonds. The molecule has 0 bridgehead atoms. The lowest BCUT2D eigenvalue weighted by atomic mass is 10.6. The van der Waals surface area contributed by atoms with Crippen molar-refractivity contribution < 1.29 is 25.5 Å². The smallest absolute Gasteiger partial charge is 0.342 e. The van der Waals surface area contributed by atoms with Gasteiger partial charge in [-0.15, -0.1) is 0 Å². The second kappa shape index (κ2) is 8.69. The molecule has 0 radical (unpaired) electrons. The molecule has 2 N–H and O–H groups in total. The minimum Gasteiger partial charge on any atom is -0.392 e. The van der Waals surface area contributed by atoms with Crippen LogP contribution < -0.4 is 0 Å². The summed E-state index contributed by atoms with van der Waals surface area (Å²) < 4.78 is 37.3. The Morgan fingerprint density at radius 1 is 1.21 bits per heavy atom. The number of imidazole rings is 2. The Labute approximate surface area is 143 Å². The molecule has 0 saturated carbocycles. The fraction of sp³-hybridized carbons (Fsp3) is 0.500. The van der Waals surface area contributed by atoms with Crippen LogP contribution in [0.2, 0.25) is 0 Å². The second-order valence-corrected chi connectivity index (χ2v) is 4.28. The molecule has 0 fully saturated rings. The van der Waals surface area contributed by atoms with Crippen LogP contribution in [-0.4, -0.2) is 53.8 Å². The van der Waals surface area contributed by atoms with E-state index in [0.29, 0.717) is 5.82 Å². The Morgan fingerprint density at radius 3 is 2.38 bits per heavy atom. The molecule has 12 nitrogen and oxygen atoms in total. The minimum absolute atomic E-state index is 0.0819. The van der Waals surface area contributed by atoms with Crippen LogP contribution in [0, 0.1) is 34.0 Å². The average molecular weight is 347 g/mol. The number of aryl methyl sites for hydroxylation is 2. The highest BCUT2D eigenvalue weighted by atomic mass is 16.6. The van der Waals surface area contributed by atoms with Crippen molar-refractivity contribution in [1.82, 2.24) is 19.1 Å². The molecule has 2 aromatic rings. The van der Waals surface area contributed by atoms with Gasteiger partial charge in [0.1, 0.15) is 25.5 Å². The van der Waals surface area contributed by atoms with Gasteiger partial charge in [0.15, 0.2) is 11.6 Å². The van der Waals surface area contributed by atoms with Gasteiger partial charge in [-0.3, -0.25) is 0 Å². The van der Waals surface area contributed by atoms with Crippen LogP contribution in [0.3, 0.4) is 0 Å². The summed E-state index contributed by atoms with van der Waals surface area (Å²) in [7, 11) is 0. The van der Waals surface area contributed by atoms with E-state index in [1.165, 1.54) is 10.8 Å². The highest BCUT2D eigenvalue weighted by molar-refractivity contribution is 5.19. The molecule has 24 heavy (non-hydrogen) atoms. The molecule has 0 spiro atoms. The van der Waals surface area contributed by atoms with E-state index in [2.05, 4.69) is 15.1 Å². The molecule has 0 aliphatic heterocycles. The zero-order valence-corrected chi connectivity index (χ0v) is 12.6. The van der Waals surface area contributed by atoms with E-state index < -0.39 is 34.5 Å². The van der Waals surface area contributed by atoms with Crippen LogP contribution in [0.15, 0.2) is 12.4 Å². The van der Waals surface area contributed by atoms with Crippen molar-refractivity contribution in [3.63, 3.8) is 0 Å². The fourth-order valence-corrected chi connectivity index (χ4v) is 1.74. The lowest BCUT2D eigenvalue weighted by Gasteiger charge is -1.98. The van der Waals surface area contributed by atoms with E-state index >= 15 is 0 Å². The van der Waals surface area contributed by atoms with E-state index in [1.807, 2.05) is 0 Å². The summed E-state index contributed by atoms with van der Waals surface area (Å²) >= 11 is 0. The SMILES string of the molecule is Cc1ncc([N+](=O)[O-])n1CCO.[2H]OCCn1c(C([2H])([2H])[2H])nc([2H])c1[N+](=O)[O-]. The predicted molar refractivity (Wildman–Crippen MR) is 81.4 cm³/mol. The largest absolute Gasteiger partial charge is 0.392 e. The molecular formula is C12H18N6O6. The lowest BCUT2D eigenvalue weighted by Crippen LogP contribution is -2.07. The van der Waals surface area contributed by atoms with Crippen molar-refractivity contribution in [2.45, 2.75) is 26.9 Å². The number of aliphatic hydroxyl groups is 2. The van der Waals surface area contributed by atoms with Crippen molar-refractivity contribution >= 4 is 11.6 Å². The first-order valence-corrected chi connectivity index (χ1v) is 6.53. The van der Waals surface area contributed by atoms with Crippen LogP contribution in [0.1, 0.15) is 17.1 Å². The first kappa shape index (κ1) is 12.5. The number of rotatable bonds is 7. The minimum atomic E-state index is -2.66. The van der Waals surface area contributed by atoms with Gasteiger partial charge in [-0.1, -0.05) is 0 Å². The summed E-state index contributed by atoms with van der Waals surface area (Å²) in [6.07, 6.45) is 0.469. The van der Waals surface area contributed by atoms with Crippen LogP contribution in [-0.2, 0) is 13.1 Å². The van der Waals surface area contributed by atoms with Crippen molar-refractivity contribution in [2.24, 2.45) is 0 Å². The zero-order chi connectivity index (χ0) is 22.4. The number of nitrogens with zero attached hydrogens (tertiary/aromatic N) is 6. The zero-order valence-electron chi connectivity index (χ0n) is 17.6. The Kier molecular flexibility index (Phi) is 4.54. The van der Waals surface area contributed by atoms with Gasteiger partial charge in [0, 0.05) is 17.9 Å². The maximum Gasteiger partial charge on any atom is 0.342 e. The third-order valence-corrected chi connectivity index (χ3v) is 2.81. The monoisotopic (exact) mass is 347 g/mol. The number of hydrogen-bond donors (Lipinski definition) is 2. The summed E-state index contributed by atoms with van der Waals surface area (Å²) in [6.45, 7) is -1.38. The van der Waals surface area contributed by atoms with Crippen molar-refractivity contribution in [1.29, 1.82) is 1.43 Å². The first-order chi connectivity index (χ1) is 13.4. The van der Waals surface area contributed by atoms with Gasteiger partial charge in [-0.2, -0.15) is 0 Å². The molecule has 2 aromatic heterocycles. The van der Waals surface area contributed by atoms with Gasteiger partial charge in [0.05, 0.1) is 14.6 Å². The molecule has 0 aliphatic carbocycles. The first-order valence-electron chi connectivity index (χ1n) is 8.94. The molecule has 0 atom stereocenters. The third kappa shape index (κ3) is 4.57. The van der Waals surface area contributed by atoms with Gasteiger partial charge in [0.25, 0.3) is 0 Å². The van der Waals surface area contributed by atoms with E-state index in [9.17, 15) is 20.2 Å². The van der Waals surface area contributed by atoms with E-state index in [0.717, 1.165) is 4.57 Å². The van der Waals surface area contributed by atoms with Crippen molar-refractivity contribution in [2.75, 3.05) is 13.2 Å². The number of aliphatic hydroxyl groups excluding tert-OH is 2. The van der Waals surface area contributed by atoms with Crippen LogP contribution in [0.5, 0.6) is 0 Å². The van der Waals surface area contributed by atoms with E-state index in [1.54, 1.807) is 6.92 Å². The topological polar surface area (TPSA) is 162 Å². The number of hydrogen-bond acceptors (Lipinski definition) is 8. The van der Waals surface area contributed by atoms with E-state index in [4.69, 9.17) is 12.0 Å². The highest BCUT2D eigenvalue weighted by Crippen LogP contribution is 2.13. The normalized spacial score (nSPS) is 13.7. The molecule has 2 rings (SSSR count). The standard InChI is InChI=1S/2C6H9N3O3/c2*1-5-7-4-6(9(11)12)8(5)2-3-10/h2*4,10H,2-3H2,1H3/i1D3,4D,10D;. The molecule has 0 unspecified atom stereocenters. The van der Waals surface area contributed by atoms with Crippen LogP contribution >= 0.6 is 0 Å². The third-order valence-electron chi connectivity index (χ3n) is 2.81. The lowest BCUT2D eigenvalue weighted by molar-refractivity contribution is -0.392. The maximum atomic E-state index is 10.7. The van der Waals surface area contributed by atoms with Crippen molar-refractivity contribution in [3.05, 3.63) is 44.2 Å². The molecule has 12 heteroatoms. The maximum absolute atomic E-state index is 10.7.